The summed E-state index contributed by atoms with van der Waals surface area (Å²) in [6.45, 7) is 6.17. The maximum Gasteiger partial charge on any atom is 0.136 e. The Hall–Kier alpha value is -0.660. The first kappa shape index (κ1) is 10.4. The minimum Gasteiger partial charge on any atom is -0.300 e. The van der Waals surface area contributed by atoms with Crippen LogP contribution in [-0.2, 0) is 9.59 Å². The zero-order chi connectivity index (χ0) is 10.1. The van der Waals surface area contributed by atoms with Crippen molar-refractivity contribution in [3.63, 3.8) is 0 Å². The van der Waals surface area contributed by atoms with Crippen molar-refractivity contribution >= 4 is 11.6 Å². The second-order valence-corrected chi connectivity index (χ2v) is 5.18. The molecule has 0 bridgehead atoms. The molecule has 0 aromatic rings. The molecule has 74 valence electrons. The number of ketones is 2. The van der Waals surface area contributed by atoms with Crippen molar-refractivity contribution in [3.05, 3.63) is 0 Å². The van der Waals surface area contributed by atoms with E-state index in [1.807, 2.05) is 0 Å². The quantitative estimate of drug-likeness (QED) is 0.657. The maximum absolute atomic E-state index is 11.7. The Morgan fingerprint density at radius 1 is 1.46 bits per heavy atom. The van der Waals surface area contributed by atoms with Gasteiger partial charge in [-0.2, -0.15) is 0 Å². The molecule has 1 aliphatic rings. The number of hydrogen-bond acceptors (Lipinski definition) is 2. The van der Waals surface area contributed by atoms with Gasteiger partial charge >= 0.3 is 0 Å². The summed E-state index contributed by atoms with van der Waals surface area (Å²) in [5.74, 6) is 0.567. The maximum atomic E-state index is 11.7. The van der Waals surface area contributed by atoms with Gasteiger partial charge in [-0.05, 0) is 11.8 Å². The summed E-state index contributed by atoms with van der Waals surface area (Å²) in [5, 5.41) is 0. The average molecular weight is 182 g/mol. The molecule has 13 heavy (non-hydrogen) atoms. The number of carbonyl (C=O) groups excluding carboxylic acids is 2. The average Bonchev–Trinajstić information content (AvgIpc) is 2.31. The Labute approximate surface area is 79.7 Å². The van der Waals surface area contributed by atoms with Gasteiger partial charge in [0.05, 0.1) is 0 Å². The molecule has 0 aromatic heterocycles. The fraction of sp³-hybridized carbons (Fsp3) is 0.818. The van der Waals surface area contributed by atoms with Crippen molar-refractivity contribution in [2.24, 2.45) is 11.3 Å². The molecule has 1 atom stereocenters. The van der Waals surface area contributed by atoms with E-state index < -0.39 is 0 Å². The molecule has 0 radical (unpaired) electrons. The van der Waals surface area contributed by atoms with Crippen molar-refractivity contribution in [2.45, 2.75) is 46.5 Å². The van der Waals surface area contributed by atoms with Gasteiger partial charge in [0.1, 0.15) is 11.6 Å². The van der Waals surface area contributed by atoms with Gasteiger partial charge in [0.25, 0.3) is 0 Å². The van der Waals surface area contributed by atoms with Crippen LogP contribution in [0.25, 0.3) is 0 Å². The molecule has 0 N–H and O–H groups in total. The number of Topliss-reactive ketones (excluding diaryl/α,β-unsaturated/α-hetero) is 2. The van der Waals surface area contributed by atoms with Crippen LogP contribution in [0, 0.1) is 11.3 Å². The van der Waals surface area contributed by atoms with E-state index in [-0.39, 0.29) is 22.9 Å². The van der Waals surface area contributed by atoms with Gasteiger partial charge in [-0.15, -0.1) is 0 Å². The fourth-order valence-corrected chi connectivity index (χ4v) is 1.76. The van der Waals surface area contributed by atoms with E-state index in [9.17, 15) is 9.59 Å². The normalized spacial score (nSPS) is 23.6. The van der Waals surface area contributed by atoms with Crippen LogP contribution < -0.4 is 0 Å². The highest BCUT2D eigenvalue weighted by Crippen LogP contribution is 2.28. The number of hydrogen-bond donors (Lipinski definition) is 0. The van der Waals surface area contributed by atoms with Crippen LogP contribution >= 0.6 is 0 Å². The summed E-state index contributed by atoms with van der Waals surface area (Å²) in [6, 6.07) is 0. The second-order valence-electron chi connectivity index (χ2n) is 5.18. The highest BCUT2D eigenvalue weighted by atomic mass is 16.1. The predicted molar refractivity (Wildman–Crippen MR) is 51.4 cm³/mol. The van der Waals surface area contributed by atoms with Crippen molar-refractivity contribution in [2.75, 3.05) is 0 Å². The van der Waals surface area contributed by atoms with Crippen LogP contribution in [0.3, 0.4) is 0 Å². The molecule has 0 aromatic carbocycles. The Morgan fingerprint density at radius 2 is 2.08 bits per heavy atom. The number of carbonyl (C=O) groups is 2. The van der Waals surface area contributed by atoms with Gasteiger partial charge in [-0.25, -0.2) is 0 Å². The lowest BCUT2D eigenvalue weighted by molar-refractivity contribution is -0.126. The smallest absolute Gasteiger partial charge is 0.136 e. The van der Waals surface area contributed by atoms with E-state index >= 15 is 0 Å². The molecule has 2 heteroatoms. The van der Waals surface area contributed by atoms with Crippen molar-refractivity contribution in [3.8, 4) is 0 Å². The molecule has 1 fully saturated rings. The van der Waals surface area contributed by atoms with Gasteiger partial charge < -0.3 is 0 Å². The largest absolute Gasteiger partial charge is 0.300 e. The third-order valence-corrected chi connectivity index (χ3v) is 2.41. The van der Waals surface area contributed by atoms with Crippen molar-refractivity contribution < 1.29 is 9.59 Å². The van der Waals surface area contributed by atoms with Crippen LogP contribution in [0.1, 0.15) is 46.5 Å². The molecular weight excluding hydrogens is 164 g/mol. The van der Waals surface area contributed by atoms with Crippen LogP contribution in [0.5, 0.6) is 0 Å². The zero-order valence-corrected chi connectivity index (χ0v) is 8.72. The molecular formula is C11H18O2. The van der Waals surface area contributed by atoms with Gasteiger partial charge in [-0.1, -0.05) is 20.8 Å². The summed E-state index contributed by atoms with van der Waals surface area (Å²) >= 11 is 0. The fourth-order valence-electron chi connectivity index (χ4n) is 1.76. The molecule has 0 saturated heterocycles. The van der Waals surface area contributed by atoms with E-state index in [0.717, 1.165) is 6.42 Å². The van der Waals surface area contributed by atoms with Gasteiger partial charge in [0.2, 0.25) is 0 Å². The number of rotatable bonds is 2. The monoisotopic (exact) mass is 182 g/mol. The molecule has 0 amide bonds. The Balaban J connectivity index is 2.45. The Bertz CT molecular complexity index is 223. The first-order valence-corrected chi connectivity index (χ1v) is 4.93. The summed E-state index contributed by atoms with van der Waals surface area (Å²) < 4.78 is 0. The lowest BCUT2D eigenvalue weighted by Gasteiger charge is -2.18. The first-order valence-electron chi connectivity index (χ1n) is 4.93. The third-order valence-electron chi connectivity index (χ3n) is 2.41. The molecule has 2 nitrogen and oxygen atoms in total. The van der Waals surface area contributed by atoms with Gasteiger partial charge in [0, 0.05) is 25.2 Å². The summed E-state index contributed by atoms with van der Waals surface area (Å²) in [5.41, 5.74) is 0.0583. The highest BCUT2D eigenvalue weighted by Gasteiger charge is 2.30. The van der Waals surface area contributed by atoms with E-state index in [0.29, 0.717) is 19.3 Å². The zero-order valence-electron chi connectivity index (χ0n) is 8.72. The SMILES string of the molecule is CC(C)(C)CC(=O)C1CCC(=O)C1. The summed E-state index contributed by atoms with van der Waals surface area (Å²) in [7, 11) is 0. The highest BCUT2D eigenvalue weighted by molar-refractivity contribution is 5.91. The molecule has 1 rings (SSSR count). The topological polar surface area (TPSA) is 34.1 Å². The Morgan fingerprint density at radius 3 is 2.46 bits per heavy atom. The minimum atomic E-state index is 0.0340. The van der Waals surface area contributed by atoms with Crippen LogP contribution in [0.15, 0.2) is 0 Å². The second kappa shape index (κ2) is 3.60. The standard InChI is InChI=1S/C11H18O2/c1-11(2,3)7-10(13)8-4-5-9(12)6-8/h8H,4-7H2,1-3H3. The van der Waals surface area contributed by atoms with Gasteiger partial charge in [0.15, 0.2) is 0 Å². The third kappa shape index (κ3) is 3.29. The predicted octanol–water partition coefficient (Wildman–Crippen LogP) is 2.36. The molecule has 0 aliphatic heterocycles. The van der Waals surface area contributed by atoms with Gasteiger partial charge in [-0.3, -0.25) is 9.59 Å². The van der Waals surface area contributed by atoms with Crippen molar-refractivity contribution in [1.29, 1.82) is 0 Å². The lowest BCUT2D eigenvalue weighted by atomic mass is 9.85. The van der Waals surface area contributed by atoms with Crippen LogP contribution in [0.4, 0.5) is 0 Å². The van der Waals surface area contributed by atoms with Crippen LogP contribution in [0.2, 0.25) is 0 Å². The molecule has 1 saturated carbocycles. The first-order chi connectivity index (χ1) is 5.88. The van der Waals surface area contributed by atoms with E-state index in [1.165, 1.54) is 0 Å². The van der Waals surface area contributed by atoms with E-state index in [2.05, 4.69) is 20.8 Å². The molecule has 0 spiro atoms. The van der Waals surface area contributed by atoms with Crippen LogP contribution in [-0.4, -0.2) is 11.6 Å². The molecule has 1 aliphatic carbocycles. The van der Waals surface area contributed by atoms with Crippen molar-refractivity contribution in [1.82, 2.24) is 0 Å². The molecule has 0 heterocycles. The van der Waals surface area contributed by atoms with E-state index in [4.69, 9.17) is 0 Å². The summed E-state index contributed by atoms with van der Waals surface area (Å²) in [6.07, 6.45) is 2.49. The minimum absolute atomic E-state index is 0.0340. The summed E-state index contributed by atoms with van der Waals surface area (Å²) in [4.78, 5) is 22.6. The lowest BCUT2D eigenvalue weighted by Crippen LogP contribution is -2.19. The Kier molecular flexibility index (Phi) is 2.89. The molecule has 1 unspecified atom stereocenters. The van der Waals surface area contributed by atoms with E-state index in [1.54, 1.807) is 0 Å².